The summed E-state index contributed by atoms with van der Waals surface area (Å²) in [4.78, 5) is 0.312. The Kier molecular flexibility index (Phi) is 5.10. The van der Waals surface area contributed by atoms with Crippen molar-refractivity contribution in [2.24, 2.45) is 5.11 Å². The highest BCUT2D eigenvalue weighted by molar-refractivity contribution is 7.81. The molecule has 0 N–H and O–H groups in total. The largest absolute Gasteiger partial charge is 0.768 e. The monoisotopic (exact) mass is 308 g/mol. The molecule has 0 radical (unpaired) electrons. The fourth-order valence-electron chi connectivity index (χ4n) is 1.05. The number of nitrogens with zero attached hydrogens (tertiary/aromatic N) is 3. The summed E-state index contributed by atoms with van der Waals surface area (Å²) in [7, 11) is 0. The Morgan fingerprint density at radius 1 is 1.00 bits per heavy atom. The molecular formula is C6H2N3O6S3-3. The predicted octanol–water partition coefficient (Wildman–Crippen LogP) is 0.342. The summed E-state index contributed by atoms with van der Waals surface area (Å²) in [6.07, 6.45) is 0. The van der Waals surface area contributed by atoms with Crippen LogP contribution in [0.3, 0.4) is 0 Å². The van der Waals surface area contributed by atoms with Crippen molar-refractivity contribution in [2.75, 3.05) is 0 Å². The second kappa shape index (κ2) is 6.15. The molecule has 0 aliphatic carbocycles. The Hall–Kier alpha value is -1.14. The van der Waals surface area contributed by atoms with Crippen LogP contribution in [0.5, 0.6) is 0 Å². The molecule has 0 amide bonds. The molecule has 1 aromatic rings. The zero-order chi connectivity index (χ0) is 13.9. The van der Waals surface area contributed by atoms with Crippen molar-refractivity contribution < 1.29 is 26.3 Å². The predicted molar refractivity (Wildman–Crippen MR) is 56.8 cm³/mol. The van der Waals surface area contributed by atoms with Crippen LogP contribution in [0.4, 0.5) is 5.69 Å². The molecule has 0 saturated carbocycles. The summed E-state index contributed by atoms with van der Waals surface area (Å²) in [6.45, 7) is 0. The van der Waals surface area contributed by atoms with Gasteiger partial charge in [0, 0.05) is 19.6 Å². The van der Waals surface area contributed by atoms with Crippen molar-refractivity contribution in [3.05, 3.63) is 22.6 Å². The van der Waals surface area contributed by atoms with Crippen LogP contribution < -0.4 is 0 Å². The van der Waals surface area contributed by atoms with Gasteiger partial charge in [0.1, 0.15) is 0 Å². The van der Waals surface area contributed by atoms with Gasteiger partial charge in [-0.25, -0.2) is 0 Å². The van der Waals surface area contributed by atoms with Gasteiger partial charge in [-0.2, -0.15) is 0 Å². The van der Waals surface area contributed by atoms with Crippen LogP contribution in [0.15, 0.2) is 31.9 Å². The van der Waals surface area contributed by atoms with Crippen LogP contribution in [0.2, 0.25) is 0 Å². The smallest absolute Gasteiger partial charge is 0.0676 e. The van der Waals surface area contributed by atoms with Gasteiger partial charge in [0.2, 0.25) is 0 Å². The highest BCUT2D eigenvalue weighted by atomic mass is 32.2. The van der Waals surface area contributed by atoms with E-state index >= 15 is 0 Å². The normalized spacial score (nSPS) is 15.5. The molecule has 3 atom stereocenters. The van der Waals surface area contributed by atoms with E-state index in [4.69, 9.17) is 5.53 Å². The molecule has 9 nitrogen and oxygen atoms in total. The Labute approximate surface area is 108 Å². The highest BCUT2D eigenvalue weighted by Crippen LogP contribution is 2.32. The SMILES string of the molecule is [N-]=[N+]=Nc1c(S(=O)[O-])cc(S(=O)[O-])cc1S(=O)[O-]. The fourth-order valence-corrected chi connectivity index (χ4v) is 2.76. The van der Waals surface area contributed by atoms with Crippen LogP contribution in [0.1, 0.15) is 0 Å². The first kappa shape index (κ1) is 14.9. The minimum Gasteiger partial charge on any atom is -0.768 e. The molecule has 1 aromatic carbocycles. The van der Waals surface area contributed by atoms with Crippen molar-refractivity contribution in [3.63, 3.8) is 0 Å². The van der Waals surface area contributed by atoms with Crippen LogP contribution >= 0.6 is 0 Å². The third-order valence-corrected chi connectivity index (χ3v) is 3.67. The van der Waals surface area contributed by atoms with Crippen LogP contribution in [-0.4, -0.2) is 26.3 Å². The lowest BCUT2D eigenvalue weighted by atomic mass is 10.3. The molecule has 98 valence electrons. The van der Waals surface area contributed by atoms with Gasteiger partial charge >= 0.3 is 0 Å². The van der Waals surface area contributed by atoms with Gasteiger partial charge in [0.15, 0.2) is 0 Å². The van der Waals surface area contributed by atoms with Crippen molar-refractivity contribution in [1.29, 1.82) is 0 Å². The maximum Gasteiger partial charge on any atom is 0.0676 e. The van der Waals surface area contributed by atoms with Crippen molar-refractivity contribution >= 4 is 38.9 Å². The molecule has 0 aromatic heterocycles. The first-order valence-corrected chi connectivity index (χ1v) is 7.12. The summed E-state index contributed by atoms with van der Waals surface area (Å²) in [5.41, 5.74) is 7.57. The second-order valence-corrected chi connectivity index (χ2v) is 5.42. The van der Waals surface area contributed by atoms with E-state index in [0.717, 1.165) is 0 Å². The number of hydrogen-bond acceptors (Lipinski definition) is 7. The van der Waals surface area contributed by atoms with Gasteiger partial charge in [0.05, 0.1) is 5.69 Å². The lowest BCUT2D eigenvalue weighted by molar-refractivity contribution is 0.532. The number of benzene rings is 1. The summed E-state index contributed by atoms with van der Waals surface area (Å²) >= 11 is -8.74. The lowest BCUT2D eigenvalue weighted by Crippen LogP contribution is -2.00. The maximum atomic E-state index is 10.9. The molecule has 0 heterocycles. The molecule has 12 heteroatoms. The summed E-state index contributed by atoms with van der Waals surface area (Å²) in [5, 5.41) is 2.94. The van der Waals surface area contributed by atoms with E-state index in [9.17, 15) is 26.3 Å². The molecule has 0 fully saturated rings. The standard InChI is InChI=1S/C6H5N3O6S3/c7-9-8-6-4(17(12)13)1-3(16(10)11)2-5(6)18(14)15/h1-2H,(H,10,11)(H,12,13)(H,14,15)/p-3. The van der Waals surface area contributed by atoms with Gasteiger partial charge in [-0.3, -0.25) is 12.6 Å². The lowest BCUT2D eigenvalue weighted by Gasteiger charge is -2.17. The first-order chi connectivity index (χ1) is 8.38. The van der Waals surface area contributed by atoms with E-state index in [1.807, 2.05) is 0 Å². The molecular weight excluding hydrogens is 306 g/mol. The number of hydrogen-bond donors (Lipinski definition) is 0. The Morgan fingerprint density at radius 3 is 1.72 bits per heavy atom. The van der Waals surface area contributed by atoms with Crippen LogP contribution in [0, 0.1) is 0 Å². The quantitative estimate of drug-likeness (QED) is 0.336. The van der Waals surface area contributed by atoms with Crippen LogP contribution in [0.25, 0.3) is 10.4 Å². The third-order valence-electron chi connectivity index (χ3n) is 1.71. The van der Waals surface area contributed by atoms with E-state index < -0.39 is 53.6 Å². The highest BCUT2D eigenvalue weighted by Gasteiger charge is 2.12. The topological polar surface area (TPSA) is 169 Å². The zero-order valence-electron chi connectivity index (χ0n) is 8.17. The Bertz CT molecular complexity index is 576. The summed E-state index contributed by atoms with van der Waals surface area (Å²) in [5.74, 6) is 0. The fraction of sp³-hybridized carbons (Fsp3) is 0. The van der Waals surface area contributed by atoms with E-state index in [-0.39, 0.29) is 0 Å². The average molecular weight is 308 g/mol. The summed E-state index contributed by atoms with van der Waals surface area (Å²) in [6, 6.07) is 1.37. The minimum absolute atomic E-state index is 0.551. The Balaban J connectivity index is 3.76. The van der Waals surface area contributed by atoms with Gasteiger partial charge in [-0.15, -0.1) is 0 Å². The first-order valence-electron chi connectivity index (χ1n) is 3.89. The van der Waals surface area contributed by atoms with Gasteiger partial charge in [0.25, 0.3) is 0 Å². The Morgan fingerprint density at radius 2 is 1.44 bits per heavy atom. The van der Waals surface area contributed by atoms with E-state index in [0.29, 0.717) is 12.1 Å². The molecule has 3 unspecified atom stereocenters. The van der Waals surface area contributed by atoms with E-state index in [1.165, 1.54) is 0 Å². The maximum absolute atomic E-state index is 10.9. The molecule has 0 saturated heterocycles. The van der Waals surface area contributed by atoms with Crippen molar-refractivity contribution in [1.82, 2.24) is 0 Å². The minimum atomic E-state index is -2.96. The van der Waals surface area contributed by atoms with Crippen molar-refractivity contribution in [2.45, 2.75) is 14.7 Å². The summed E-state index contributed by atoms with van der Waals surface area (Å²) < 4.78 is 64.9. The molecule has 0 bridgehead atoms. The third kappa shape index (κ3) is 3.20. The van der Waals surface area contributed by atoms with E-state index in [2.05, 4.69) is 10.0 Å². The average Bonchev–Trinajstić information content (AvgIpc) is 2.28. The molecule has 0 aliphatic rings. The molecule has 18 heavy (non-hydrogen) atoms. The molecule has 0 spiro atoms. The van der Waals surface area contributed by atoms with Gasteiger partial charge < -0.3 is 13.7 Å². The molecule has 1 rings (SSSR count). The van der Waals surface area contributed by atoms with E-state index in [1.54, 1.807) is 0 Å². The van der Waals surface area contributed by atoms with Gasteiger partial charge in [-0.05, 0) is 50.9 Å². The van der Waals surface area contributed by atoms with Crippen molar-refractivity contribution in [3.8, 4) is 0 Å². The van der Waals surface area contributed by atoms with Crippen LogP contribution in [-0.2, 0) is 33.2 Å². The number of rotatable bonds is 4. The molecule has 0 aliphatic heterocycles. The number of azide groups is 1. The van der Waals surface area contributed by atoms with Gasteiger partial charge in [-0.1, -0.05) is 5.11 Å². The zero-order valence-corrected chi connectivity index (χ0v) is 10.6. The second-order valence-electron chi connectivity index (χ2n) is 2.66.